The van der Waals surface area contributed by atoms with Crippen molar-refractivity contribution in [2.75, 3.05) is 5.32 Å². The average molecular weight is 458 g/mol. The first-order valence-corrected chi connectivity index (χ1v) is 10.4. The normalized spacial score (nSPS) is 11.2. The Kier molecular flexibility index (Phi) is 7.85. The van der Waals surface area contributed by atoms with Crippen molar-refractivity contribution >= 4 is 46.7 Å². The number of carbonyl (C=O) groups is 3. The Bertz CT molecular complexity index is 1090. The number of aromatic nitrogens is 2. The second-order valence-corrected chi connectivity index (χ2v) is 7.96. The fraction of sp³-hybridized carbons (Fsp3) is 0.150. The van der Waals surface area contributed by atoms with E-state index in [2.05, 4.69) is 26.1 Å². The number of amides is 4. The molecule has 1 heterocycles. The van der Waals surface area contributed by atoms with Gasteiger partial charge in [-0.3, -0.25) is 20.5 Å². The average Bonchev–Trinajstić information content (AvgIpc) is 3.17. The quantitative estimate of drug-likeness (QED) is 0.399. The molecule has 31 heavy (non-hydrogen) atoms. The Hall–Kier alpha value is -3.57. The van der Waals surface area contributed by atoms with E-state index >= 15 is 0 Å². The molecule has 0 fully saturated rings. The molecular weight excluding hydrogens is 438 g/mol. The highest BCUT2D eigenvalue weighted by Crippen LogP contribution is 2.17. The van der Waals surface area contributed by atoms with Crippen LogP contribution in [0.1, 0.15) is 23.6 Å². The third-order valence-electron chi connectivity index (χ3n) is 4.01. The van der Waals surface area contributed by atoms with Crippen LogP contribution in [0.15, 0.2) is 60.7 Å². The number of imide groups is 1. The van der Waals surface area contributed by atoms with Crippen LogP contribution < -0.4 is 16.0 Å². The summed E-state index contributed by atoms with van der Waals surface area (Å²) >= 11 is 5.94. The number of hydrogen-bond donors (Lipinski definition) is 4. The van der Waals surface area contributed by atoms with Crippen LogP contribution in [0, 0.1) is 3.95 Å². The Labute approximate surface area is 186 Å². The number of carbonyl (C=O) groups excluding carboxylic acids is 3. The summed E-state index contributed by atoms with van der Waals surface area (Å²) in [5.74, 6) is -0.589. The molecule has 0 saturated heterocycles. The van der Waals surface area contributed by atoms with E-state index < -0.39 is 24.1 Å². The monoisotopic (exact) mass is 457 g/mol. The lowest BCUT2D eigenvalue weighted by Crippen LogP contribution is -2.38. The van der Waals surface area contributed by atoms with Gasteiger partial charge in [-0.05, 0) is 23.3 Å². The predicted octanol–water partition coefficient (Wildman–Crippen LogP) is 3.91. The van der Waals surface area contributed by atoms with Gasteiger partial charge >= 0.3 is 12.1 Å². The fourth-order valence-corrected chi connectivity index (χ4v) is 3.40. The van der Waals surface area contributed by atoms with Crippen LogP contribution in [0.3, 0.4) is 0 Å². The first-order valence-electron chi connectivity index (χ1n) is 9.18. The molecule has 0 aliphatic rings. The highest BCUT2D eigenvalue weighted by Gasteiger charge is 2.20. The zero-order valence-corrected chi connectivity index (χ0v) is 17.8. The molecule has 4 N–H and O–H groups in total. The lowest BCUT2D eigenvalue weighted by Gasteiger charge is -2.18. The number of hydrogen-bond acceptors (Lipinski definition) is 7. The second kappa shape index (κ2) is 11.0. The summed E-state index contributed by atoms with van der Waals surface area (Å²) in [6.07, 6.45) is -0.847. The molecule has 0 saturated carbocycles. The lowest BCUT2D eigenvalue weighted by molar-refractivity contribution is -0.120. The third-order valence-corrected chi connectivity index (χ3v) is 5.01. The van der Waals surface area contributed by atoms with E-state index in [0.717, 1.165) is 16.9 Å². The molecule has 1 aromatic heterocycles. The van der Waals surface area contributed by atoms with Gasteiger partial charge in [0.2, 0.25) is 11.0 Å². The Balaban J connectivity index is 1.58. The van der Waals surface area contributed by atoms with Gasteiger partial charge in [0.1, 0.15) is 6.61 Å². The lowest BCUT2D eigenvalue weighted by atomic mass is 10.0. The molecule has 2 aromatic carbocycles. The maximum absolute atomic E-state index is 12.4. The van der Waals surface area contributed by atoms with Gasteiger partial charge in [-0.25, -0.2) is 9.59 Å². The number of benzene rings is 2. The summed E-state index contributed by atoms with van der Waals surface area (Å²) in [6.45, 7) is 0.0957. The van der Waals surface area contributed by atoms with Crippen molar-refractivity contribution in [1.82, 2.24) is 20.8 Å². The molecule has 160 valence electrons. The molecule has 3 aromatic rings. The largest absolute Gasteiger partial charge is 0.445 e. The molecule has 0 spiro atoms. The summed E-state index contributed by atoms with van der Waals surface area (Å²) < 4.78 is 5.64. The molecule has 1 atom stereocenters. The minimum Gasteiger partial charge on any atom is -0.445 e. The van der Waals surface area contributed by atoms with Crippen LogP contribution in [-0.4, -0.2) is 28.2 Å². The van der Waals surface area contributed by atoms with Gasteiger partial charge in [-0.2, -0.15) is 0 Å². The van der Waals surface area contributed by atoms with Gasteiger partial charge in [0.25, 0.3) is 0 Å². The van der Waals surface area contributed by atoms with Gasteiger partial charge in [0.05, 0.1) is 12.5 Å². The number of nitrogens with one attached hydrogen (secondary N) is 4. The summed E-state index contributed by atoms with van der Waals surface area (Å²) in [7, 11) is 0. The summed E-state index contributed by atoms with van der Waals surface area (Å²) in [5, 5.41) is 13.8. The molecule has 0 unspecified atom stereocenters. The Morgan fingerprint density at radius 1 is 1.06 bits per heavy atom. The van der Waals surface area contributed by atoms with Crippen molar-refractivity contribution in [3.8, 4) is 0 Å². The minimum absolute atomic E-state index is 0.0957. The number of alkyl carbamates (subject to hydrolysis) is 1. The molecule has 11 heteroatoms. The highest BCUT2D eigenvalue weighted by atomic mass is 32.1. The summed E-state index contributed by atoms with van der Waals surface area (Å²) in [5.41, 5.74) is 1.53. The number of urea groups is 1. The summed E-state index contributed by atoms with van der Waals surface area (Å²) in [4.78, 5) is 36.7. The van der Waals surface area contributed by atoms with Crippen molar-refractivity contribution in [1.29, 1.82) is 0 Å². The van der Waals surface area contributed by atoms with Crippen molar-refractivity contribution in [2.24, 2.45) is 0 Å². The summed E-state index contributed by atoms with van der Waals surface area (Å²) in [6, 6.07) is 16.7. The molecular formula is C20H19N5O4S2. The number of H-pyrrole nitrogens is 1. The van der Waals surface area contributed by atoms with Crippen LogP contribution in [0.2, 0.25) is 0 Å². The van der Waals surface area contributed by atoms with Crippen molar-refractivity contribution in [3.63, 3.8) is 0 Å². The number of ether oxygens (including phenoxy) is 1. The van der Waals surface area contributed by atoms with E-state index in [1.54, 1.807) is 24.3 Å². The smallest absolute Gasteiger partial charge is 0.407 e. The van der Waals surface area contributed by atoms with E-state index in [0.29, 0.717) is 9.52 Å². The SMILES string of the molecule is O=C(C[C@H](NC(=O)OCc1ccccc1)c1ccccc1)NC(=O)Nc1n[nH]c(=S)s1. The first kappa shape index (κ1) is 22.1. The van der Waals surface area contributed by atoms with Crippen molar-refractivity contribution in [3.05, 3.63) is 75.7 Å². The van der Waals surface area contributed by atoms with Crippen LogP contribution in [0.5, 0.6) is 0 Å². The Morgan fingerprint density at radius 2 is 1.74 bits per heavy atom. The third kappa shape index (κ3) is 7.32. The van der Waals surface area contributed by atoms with Gasteiger partial charge in [-0.1, -0.05) is 72.0 Å². The zero-order chi connectivity index (χ0) is 22.1. The van der Waals surface area contributed by atoms with E-state index in [4.69, 9.17) is 17.0 Å². The molecule has 0 aliphatic heterocycles. The van der Waals surface area contributed by atoms with Crippen LogP contribution in [0.25, 0.3) is 0 Å². The number of anilines is 1. The van der Waals surface area contributed by atoms with Crippen LogP contribution in [0.4, 0.5) is 14.7 Å². The van der Waals surface area contributed by atoms with E-state index in [9.17, 15) is 14.4 Å². The second-order valence-electron chi connectivity index (χ2n) is 6.29. The van der Waals surface area contributed by atoms with E-state index in [-0.39, 0.29) is 18.2 Å². The van der Waals surface area contributed by atoms with Gasteiger partial charge in [0.15, 0.2) is 3.95 Å². The maximum atomic E-state index is 12.4. The van der Waals surface area contributed by atoms with Gasteiger partial charge < -0.3 is 10.1 Å². The zero-order valence-electron chi connectivity index (χ0n) is 16.2. The fourth-order valence-electron chi connectivity index (χ4n) is 2.62. The predicted molar refractivity (Wildman–Crippen MR) is 118 cm³/mol. The molecule has 4 amide bonds. The molecule has 9 nitrogen and oxygen atoms in total. The maximum Gasteiger partial charge on any atom is 0.407 e. The Morgan fingerprint density at radius 3 is 2.39 bits per heavy atom. The number of rotatable bonds is 7. The van der Waals surface area contributed by atoms with E-state index in [1.165, 1.54) is 0 Å². The molecule has 0 bridgehead atoms. The minimum atomic E-state index is -0.749. The van der Waals surface area contributed by atoms with Crippen LogP contribution in [-0.2, 0) is 16.1 Å². The topological polar surface area (TPSA) is 125 Å². The first-order chi connectivity index (χ1) is 15.0. The molecule has 3 rings (SSSR count). The van der Waals surface area contributed by atoms with Crippen LogP contribution >= 0.6 is 23.6 Å². The standard InChI is InChI=1S/C20H19N5O4S2/c26-16(22-17(27)23-18-24-25-20(30)31-18)11-15(14-9-5-2-6-10-14)21-19(28)29-12-13-7-3-1-4-8-13/h1-10,15H,11-12H2,(H,21,28)(H,25,30)(H2,22,23,24,26,27)/t15-/m0/s1. The highest BCUT2D eigenvalue weighted by molar-refractivity contribution is 7.73. The number of nitrogens with zero attached hydrogens (tertiary/aromatic N) is 1. The molecule has 0 aliphatic carbocycles. The van der Waals surface area contributed by atoms with Crippen molar-refractivity contribution < 1.29 is 19.1 Å². The molecule has 0 radical (unpaired) electrons. The number of aromatic amines is 1. The van der Waals surface area contributed by atoms with Crippen molar-refractivity contribution in [2.45, 2.75) is 19.1 Å². The van der Waals surface area contributed by atoms with Gasteiger partial charge in [0, 0.05) is 0 Å². The van der Waals surface area contributed by atoms with E-state index in [1.807, 2.05) is 36.4 Å². The van der Waals surface area contributed by atoms with Gasteiger partial charge in [-0.15, -0.1) is 5.10 Å².